The number of nitrogens with zero attached hydrogens (tertiary/aromatic N) is 1. The Bertz CT molecular complexity index is 459. The van der Waals surface area contributed by atoms with E-state index in [4.69, 9.17) is 23.2 Å². The van der Waals surface area contributed by atoms with E-state index in [0.29, 0.717) is 29.2 Å². The van der Waals surface area contributed by atoms with Crippen LogP contribution in [0.15, 0.2) is 18.2 Å². The first-order valence-corrected chi connectivity index (χ1v) is 5.64. The van der Waals surface area contributed by atoms with Crippen molar-refractivity contribution >= 4 is 40.0 Å². The molecule has 0 spiro atoms. The van der Waals surface area contributed by atoms with E-state index in [1.165, 1.54) is 6.07 Å². The minimum atomic E-state index is -0.574. The van der Waals surface area contributed by atoms with Crippen LogP contribution < -0.4 is 4.90 Å². The Balaban J connectivity index is 2.40. The van der Waals surface area contributed by atoms with Gasteiger partial charge in [0.1, 0.15) is 0 Å². The van der Waals surface area contributed by atoms with Crippen molar-refractivity contribution in [3.8, 4) is 0 Å². The van der Waals surface area contributed by atoms with Crippen molar-refractivity contribution in [1.82, 2.24) is 0 Å². The van der Waals surface area contributed by atoms with E-state index < -0.39 is 5.24 Å². The van der Waals surface area contributed by atoms with Crippen LogP contribution in [-0.4, -0.2) is 17.7 Å². The summed E-state index contributed by atoms with van der Waals surface area (Å²) in [5, 5.41) is -0.170. The molecule has 16 heavy (non-hydrogen) atoms. The third kappa shape index (κ3) is 2.20. The van der Waals surface area contributed by atoms with Crippen molar-refractivity contribution in [3.63, 3.8) is 0 Å². The van der Waals surface area contributed by atoms with E-state index in [2.05, 4.69) is 0 Å². The monoisotopic (exact) mass is 257 g/mol. The Hall–Kier alpha value is -1.06. The van der Waals surface area contributed by atoms with Crippen LogP contribution in [0.4, 0.5) is 5.69 Å². The number of hydrogen-bond acceptors (Lipinski definition) is 2. The Labute approximate surface area is 103 Å². The molecule has 1 amide bonds. The Morgan fingerprint density at radius 3 is 2.62 bits per heavy atom. The second-order valence-electron chi connectivity index (χ2n) is 3.62. The summed E-state index contributed by atoms with van der Waals surface area (Å²) in [6.07, 6.45) is 1.37. The quantitative estimate of drug-likeness (QED) is 0.765. The number of halogens is 2. The van der Waals surface area contributed by atoms with Gasteiger partial charge in [0, 0.05) is 29.2 Å². The summed E-state index contributed by atoms with van der Waals surface area (Å²) >= 11 is 11.3. The standard InChI is InChI=1S/C11H9Cl2NO2/c12-8-4-7(11(13)16)5-9(6-8)14-3-1-2-10(14)15/h4-6H,1-3H2. The van der Waals surface area contributed by atoms with Crippen LogP contribution in [0.25, 0.3) is 0 Å². The number of benzene rings is 1. The minimum absolute atomic E-state index is 0.0511. The predicted molar refractivity (Wildman–Crippen MR) is 63.2 cm³/mol. The number of carbonyl (C=O) groups is 2. The zero-order valence-electron chi connectivity index (χ0n) is 8.37. The number of rotatable bonds is 2. The van der Waals surface area contributed by atoms with Gasteiger partial charge in [-0.1, -0.05) is 11.6 Å². The molecule has 0 N–H and O–H groups in total. The number of carbonyl (C=O) groups excluding carboxylic acids is 2. The van der Waals surface area contributed by atoms with E-state index in [1.54, 1.807) is 17.0 Å². The maximum absolute atomic E-state index is 11.5. The molecule has 0 saturated carbocycles. The Morgan fingerprint density at radius 1 is 1.31 bits per heavy atom. The molecule has 84 valence electrons. The fraction of sp³-hybridized carbons (Fsp3) is 0.273. The van der Waals surface area contributed by atoms with Crippen LogP contribution in [0.1, 0.15) is 23.2 Å². The molecule has 0 atom stereocenters. The summed E-state index contributed by atoms with van der Waals surface area (Å²) in [5.41, 5.74) is 0.947. The second kappa shape index (κ2) is 4.44. The maximum atomic E-state index is 11.5. The first-order valence-electron chi connectivity index (χ1n) is 4.89. The lowest BCUT2D eigenvalue weighted by atomic mass is 10.2. The Kier molecular flexibility index (Phi) is 3.17. The van der Waals surface area contributed by atoms with Crippen molar-refractivity contribution in [1.29, 1.82) is 0 Å². The molecule has 0 radical (unpaired) electrons. The highest BCUT2D eigenvalue weighted by Gasteiger charge is 2.22. The average molecular weight is 258 g/mol. The van der Waals surface area contributed by atoms with Crippen molar-refractivity contribution in [2.45, 2.75) is 12.8 Å². The molecule has 0 aliphatic carbocycles. The normalized spacial score (nSPS) is 15.6. The van der Waals surface area contributed by atoms with Crippen LogP contribution in [-0.2, 0) is 4.79 Å². The first kappa shape index (κ1) is 11.4. The molecule has 1 aromatic rings. The molecule has 1 saturated heterocycles. The molecular formula is C11H9Cl2NO2. The molecule has 0 aromatic heterocycles. The van der Waals surface area contributed by atoms with E-state index in [1.807, 2.05) is 0 Å². The van der Waals surface area contributed by atoms with Gasteiger partial charge in [0.05, 0.1) is 0 Å². The van der Waals surface area contributed by atoms with Gasteiger partial charge >= 0.3 is 0 Å². The fourth-order valence-corrected chi connectivity index (χ4v) is 2.10. The molecule has 3 nitrogen and oxygen atoms in total. The molecule has 0 bridgehead atoms. The highest BCUT2D eigenvalue weighted by Crippen LogP contribution is 2.26. The average Bonchev–Trinajstić information content (AvgIpc) is 2.63. The Morgan fingerprint density at radius 2 is 2.06 bits per heavy atom. The predicted octanol–water partition coefficient (Wildman–Crippen LogP) is 2.85. The molecule has 2 rings (SSSR count). The third-order valence-corrected chi connectivity index (χ3v) is 2.93. The molecule has 1 fully saturated rings. The lowest BCUT2D eigenvalue weighted by Gasteiger charge is -2.16. The van der Waals surface area contributed by atoms with Gasteiger partial charge < -0.3 is 4.90 Å². The van der Waals surface area contributed by atoms with Crippen LogP contribution in [0.2, 0.25) is 5.02 Å². The van der Waals surface area contributed by atoms with E-state index in [0.717, 1.165) is 6.42 Å². The van der Waals surface area contributed by atoms with Crippen LogP contribution in [0.5, 0.6) is 0 Å². The lowest BCUT2D eigenvalue weighted by molar-refractivity contribution is -0.117. The number of anilines is 1. The van der Waals surface area contributed by atoms with Gasteiger partial charge in [0.15, 0.2) is 0 Å². The van der Waals surface area contributed by atoms with E-state index in [-0.39, 0.29) is 5.91 Å². The number of amides is 1. The molecule has 1 aliphatic heterocycles. The van der Waals surface area contributed by atoms with Crippen molar-refractivity contribution in [2.24, 2.45) is 0 Å². The summed E-state index contributed by atoms with van der Waals surface area (Å²) < 4.78 is 0. The van der Waals surface area contributed by atoms with Gasteiger partial charge in [-0.3, -0.25) is 9.59 Å². The van der Waals surface area contributed by atoms with Crippen LogP contribution in [0.3, 0.4) is 0 Å². The maximum Gasteiger partial charge on any atom is 0.252 e. The smallest absolute Gasteiger partial charge is 0.252 e. The van der Waals surface area contributed by atoms with Gasteiger partial charge in [-0.25, -0.2) is 0 Å². The van der Waals surface area contributed by atoms with Crippen molar-refractivity contribution in [3.05, 3.63) is 28.8 Å². The molecular weight excluding hydrogens is 249 g/mol. The van der Waals surface area contributed by atoms with Crippen molar-refractivity contribution in [2.75, 3.05) is 11.4 Å². The number of hydrogen-bond donors (Lipinski definition) is 0. The summed E-state index contributed by atoms with van der Waals surface area (Å²) in [6.45, 7) is 0.662. The van der Waals surface area contributed by atoms with Crippen molar-refractivity contribution < 1.29 is 9.59 Å². The zero-order chi connectivity index (χ0) is 11.7. The van der Waals surface area contributed by atoms with E-state index >= 15 is 0 Å². The fourth-order valence-electron chi connectivity index (χ4n) is 1.76. The van der Waals surface area contributed by atoms with Gasteiger partial charge in [0.2, 0.25) is 5.91 Å². The molecule has 0 unspecified atom stereocenters. The minimum Gasteiger partial charge on any atom is -0.312 e. The SMILES string of the molecule is O=C(Cl)c1cc(Cl)cc(N2CCCC2=O)c1. The summed E-state index contributed by atoms with van der Waals surface area (Å²) in [6, 6.07) is 4.74. The van der Waals surface area contributed by atoms with E-state index in [9.17, 15) is 9.59 Å². The zero-order valence-corrected chi connectivity index (χ0v) is 9.88. The first-order chi connectivity index (χ1) is 7.58. The molecule has 5 heteroatoms. The van der Waals surface area contributed by atoms with Crippen LogP contribution in [0, 0.1) is 0 Å². The second-order valence-corrected chi connectivity index (χ2v) is 4.40. The summed E-state index contributed by atoms with van der Waals surface area (Å²) in [5.74, 6) is 0.0511. The van der Waals surface area contributed by atoms with Crippen LogP contribution >= 0.6 is 23.2 Å². The topological polar surface area (TPSA) is 37.4 Å². The highest BCUT2D eigenvalue weighted by atomic mass is 35.5. The van der Waals surface area contributed by atoms with Gasteiger partial charge in [-0.2, -0.15) is 0 Å². The van der Waals surface area contributed by atoms with Gasteiger partial charge in [-0.15, -0.1) is 0 Å². The van der Waals surface area contributed by atoms with Gasteiger partial charge in [-0.05, 0) is 36.2 Å². The molecule has 1 aliphatic rings. The molecule has 1 heterocycles. The summed E-state index contributed by atoms with van der Waals surface area (Å²) in [4.78, 5) is 24.2. The largest absolute Gasteiger partial charge is 0.312 e. The summed E-state index contributed by atoms with van der Waals surface area (Å²) in [7, 11) is 0. The third-order valence-electron chi connectivity index (χ3n) is 2.49. The molecule has 1 aromatic carbocycles. The highest BCUT2D eigenvalue weighted by molar-refractivity contribution is 6.67. The lowest BCUT2D eigenvalue weighted by Crippen LogP contribution is -2.23. The van der Waals surface area contributed by atoms with Gasteiger partial charge in [0.25, 0.3) is 5.24 Å².